The van der Waals surface area contributed by atoms with Crippen LogP contribution < -0.4 is 5.14 Å². The van der Waals surface area contributed by atoms with Crippen molar-refractivity contribution in [1.82, 2.24) is 0 Å². The topological polar surface area (TPSA) is 86.5 Å². The van der Waals surface area contributed by atoms with Gasteiger partial charge in [0.2, 0.25) is 10.0 Å². The molecule has 0 saturated carbocycles. The van der Waals surface area contributed by atoms with Crippen LogP contribution in [0.3, 0.4) is 0 Å². The van der Waals surface area contributed by atoms with Gasteiger partial charge in [0, 0.05) is 4.88 Å². The van der Waals surface area contributed by atoms with Gasteiger partial charge in [0.25, 0.3) is 0 Å². The van der Waals surface area contributed by atoms with Crippen LogP contribution in [0.15, 0.2) is 10.3 Å². The van der Waals surface area contributed by atoms with Gasteiger partial charge in [0.15, 0.2) is 0 Å². The van der Waals surface area contributed by atoms with Crippen molar-refractivity contribution < 1.29 is 17.9 Å². The molecule has 0 atom stereocenters. The van der Waals surface area contributed by atoms with Crippen molar-refractivity contribution in [2.75, 3.05) is 7.11 Å². The lowest BCUT2D eigenvalue weighted by Gasteiger charge is -1.94. The Morgan fingerprint density at radius 2 is 2.14 bits per heavy atom. The van der Waals surface area contributed by atoms with Gasteiger partial charge in [-0.15, -0.1) is 11.3 Å². The van der Waals surface area contributed by atoms with Gasteiger partial charge in [0.05, 0.1) is 12.7 Å². The van der Waals surface area contributed by atoms with E-state index >= 15 is 0 Å². The number of hydrogen-bond donors (Lipinski definition) is 1. The third-order valence-electron chi connectivity index (χ3n) is 1.58. The van der Waals surface area contributed by atoms with Crippen LogP contribution in [0.1, 0.15) is 15.2 Å². The van der Waals surface area contributed by atoms with Gasteiger partial charge in [0.1, 0.15) is 4.21 Å². The number of carbonyl (C=O) groups is 1. The molecule has 0 unspecified atom stereocenters. The Labute approximate surface area is 85.5 Å². The van der Waals surface area contributed by atoms with E-state index < -0.39 is 16.0 Å². The summed E-state index contributed by atoms with van der Waals surface area (Å²) in [5.74, 6) is -0.561. The number of primary sulfonamides is 1. The summed E-state index contributed by atoms with van der Waals surface area (Å²) >= 11 is 0.951. The fourth-order valence-corrected chi connectivity index (χ4v) is 2.76. The molecule has 0 amide bonds. The third kappa shape index (κ3) is 2.11. The summed E-state index contributed by atoms with van der Waals surface area (Å²) in [4.78, 5) is 11.7. The summed E-state index contributed by atoms with van der Waals surface area (Å²) in [7, 11) is -2.50. The highest BCUT2D eigenvalue weighted by Gasteiger charge is 2.18. The second kappa shape index (κ2) is 3.68. The molecule has 78 valence electrons. The predicted octanol–water partition coefficient (Wildman–Crippen LogP) is 0.491. The van der Waals surface area contributed by atoms with Gasteiger partial charge in [-0.1, -0.05) is 0 Å². The molecule has 0 aliphatic heterocycles. The standard InChI is InChI=1S/C7H9NO4S2/c1-4-5(7(9)12-2)3-6(13-4)14(8,10)11/h3H,1-2H3,(H2,8,10,11). The van der Waals surface area contributed by atoms with Crippen molar-refractivity contribution >= 4 is 27.3 Å². The average molecular weight is 235 g/mol. The van der Waals surface area contributed by atoms with Gasteiger partial charge in [-0.25, -0.2) is 18.4 Å². The molecule has 0 saturated heterocycles. The van der Waals surface area contributed by atoms with Crippen LogP contribution in [0.25, 0.3) is 0 Å². The number of rotatable bonds is 2. The number of methoxy groups -OCH3 is 1. The van der Waals surface area contributed by atoms with Gasteiger partial charge in [-0.05, 0) is 13.0 Å². The van der Waals surface area contributed by atoms with E-state index in [1.807, 2.05) is 0 Å². The molecule has 5 nitrogen and oxygen atoms in total. The summed E-state index contributed by atoms with van der Waals surface area (Å²) in [5, 5.41) is 4.91. The molecule has 0 fully saturated rings. The number of ether oxygens (including phenoxy) is 1. The molecule has 1 heterocycles. The number of thiophene rings is 1. The van der Waals surface area contributed by atoms with E-state index in [0.717, 1.165) is 11.3 Å². The van der Waals surface area contributed by atoms with Crippen LogP contribution in [0, 0.1) is 6.92 Å². The molecule has 1 rings (SSSR count). The Hall–Kier alpha value is -0.920. The third-order valence-corrected chi connectivity index (χ3v) is 4.05. The quantitative estimate of drug-likeness (QED) is 0.756. The molecular formula is C7H9NO4S2. The number of carbonyl (C=O) groups excluding carboxylic acids is 1. The number of esters is 1. The number of sulfonamides is 1. The zero-order valence-corrected chi connectivity index (χ0v) is 9.24. The molecule has 0 aliphatic rings. The minimum absolute atomic E-state index is 0.0320. The van der Waals surface area contributed by atoms with Crippen LogP contribution in [-0.4, -0.2) is 21.5 Å². The highest BCUT2D eigenvalue weighted by atomic mass is 32.2. The normalized spacial score (nSPS) is 11.4. The SMILES string of the molecule is COC(=O)c1cc(S(N)(=O)=O)sc1C. The molecule has 14 heavy (non-hydrogen) atoms. The monoisotopic (exact) mass is 235 g/mol. The fourth-order valence-electron chi connectivity index (χ4n) is 0.908. The van der Waals surface area contributed by atoms with Crippen molar-refractivity contribution in [3.8, 4) is 0 Å². The van der Waals surface area contributed by atoms with E-state index in [2.05, 4.69) is 4.74 Å². The first-order valence-electron chi connectivity index (χ1n) is 3.58. The second-order valence-electron chi connectivity index (χ2n) is 2.57. The van der Waals surface area contributed by atoms with E-state index in [9.17, 15) is 13.2 Å². The molecule has 0 aromatic carbocycles. The van der Waals surface area contributed by atoms with E-state index in [0.29, 0.717) is 4.88 Å². The molecule has 1 aromatic heterocycles. The lowest BCUT2D eigenvalue weighted by atomic mass is 10.3. The Morgan fingerprint density at radius 1 is 1.57 bits per heavy atom. The smallest absolute Gasteiger partial charge is 0.339 e. The van der Waals surface area contributed by atoms with Crippen molar-refractivity contribution in [1.29, 1.82) is 0 Å². The van der Waals surface area contributed by atoms with E-state index in [4.69, 9.17) is 5.14 Å². The minimum Gasteiger partial charge on any atom is -0.465 e. The molecule has 1 aromatic rings. The van der Waals surface area contributed by atoms with Gasteiger partial charge < -0.3 is 4.74 Å². The number of nitrogens with two attached hydrogens (primary N) is 1. The predicted molar refractivity (Wildman–Crippen MR) is 51.8 cm³/mol. The minimum atomic E-state index is -3.74. The first kappa shape index (κ1) is 11.2. The van der Waals surface area contributed by atoms with Crippen molar-refractivity contribution in [2.24, 2.45) is 5.14 Å². The van der Waals surface area contributed by atoms with Crippen molar-refractivity contribution in [3.05, 3.63) is 16.5 Å². The molecule has 7 heteroatoms. The molecule has 0 bridgehead atoms. The van der Waals surface area contributed by atoms with E-state index in [1.165, 1.54) is 13.2 Å². The largest absolute Gasteiger partial charge is 0.465 e. The highest BCUT2D eigenvalue weighted by Crippen LogP contribution is 2.25. The maximum Gasteiger partial charge on any atom is 0.339 e. The van der Waals surface area contributed by atoms with Crippen LogP contribution in [0.4, 0.5) is 0 Å². The molecule has 2 N–H and O–H groups in total. The van der Waals surface area contributed by atoms with Gasteiger partial charge in [-0.2, -0.15) is 0 Å². The van der Waals surface area contributed by atoms with Crippen LogP contribution in [0.2, 0.25) is 0 Å². The lowest BCUT2D eigenvalue weighted by Crippen LogP contribution is -2.10. The molecule has 0 aliphatic carbocycles. The zero-order chi connectivity index (χ0) is 10.9. The summed E-state index contributed by atoms with van der Waals surface area (Å²) in [5.41, 5.74) is 0.238. The lowest BCUT2D eigenvalue weighted by molar-refractivity contribution is 0.0600. The van der Waals surface area contributed by atoms with Crippen molar-refractivity contribution in [3.63, 3.8) is 0 Å². The van der Waals surface area contributed by atoms with E-state index in [-0.39, 0.29) is 9.77 Å². The van der Waals surface area contributed by atoms with Crippen LogP contribution in [0.5, 0.6) is 0 Å². The Balaban J connectivity index is 3.25. The summed E-state index contributed by atoms with van der Waals surface area (Å²) in [6.07, 6.45) is 0. The van der Waals surface area contributed by atoms with Crippen LogP contribution in [-0.2, 0) is 14.8 Å². The molecule has 0 spiro atoms. The van der Waals surface area contributed by atoms with E-state index in [1.54, 1.807) is 6.92 Å². The first-order valence-corrected chi connectivity index (χ1v) is 5.94. The van der Waals surface area contributed by atoms with Crippen molar-refractivity contribution in [2.45, 2.75) is 11.1 Å². The highest BCUT2D eigenvalue weighted by molar-refractivity contribution is 7.91. The number of hydrogen-bond acceptors (Lipinski definition) is 5. The van der Waals surface area contributed by atoms with Gasteiger partial charge in [-0.3, -0.25) is 0 Å². The average Bonchev–Trinajstić information content (AvgIpc) is 2.45. The van der Waals surface area contributed by atoms with Crippen LogP contribution >= 0.6 is 11.3 Å². The Bertz CT molecular complexity index is 460. The molecular weight excluding hydrogens is 226 g/mol. The second-order valence-corrected chi connectivity index (χ2v) is 5.62. The van der Waals surface area contributed by atoms with Gasteiger partial charge >= 0.3 is 5.97 Å². The summed E-state index contributed by atoms with van der Waals surface area (Å²) in [6.45, 7) is 1.63. The maximum absolute atomic E-state index is 11.1. The first-order chi connectivity index (χ1) is 6.36. The fraction of sp³-hybridized carbons (Fsp3) is 0.286. The number of aryl methyl sites for hydroxylation is 1. The summed E-state index contributed by atoms with van der Waals surface area (Å²) < 4.78 is 26.3. The Kier molecular flexibility index (Phi) is 2.93. The Morgan fingerprint density at radius 3 is 2.50 bits per heavy atom. The zero-order valence-electron chi connectivity index (χ0n) is 7.60. The maximum atomic E-state index is 11.1. The summed E-state index contributed by atoms with van der Waals surface area (Å²) in [6, 6.07) is 1.22. The molecule has 0 radical (unpaired) electrons.